The number of hydrogen-bond donors (Lipinski definition) is 2. The summed E-state index contributed by atoms with van der Waals surface area (Å²) < 4.78 is 6.71. The number of H-pyrrole nitrogens is 1. The van der Waals surface area contributed by atoms with Gasteiger partial charge in [-0.15, -0.1) is 0 Å². The van der Waals surface area contributed by atoms with Crippen molar-refractivity contribution < 1.29 is 4.74 Å². The highest BCUT2D eigenvalue weighted by Crippen LogP contribution is 2.33. The van der Waals surface area contributed by atoms with Crippen molar-refractivity contribution in [3.63, 3.8) is 0 Å². The van der Waals surface area contributed by atoms with Gasteiger partial charge in [0.05, 0.1) is 16.8 Å². The Hall–Kier alpha value is -1.49. The van der Waals surface area contributed by atoms with Crippen molar-refractivity contribution >= 4 is 21.7 Å². The molecule has 1 aliphatic rings. The Morgan fingerprint density at radius 1 is 1.39 bits per heavy atom. The molecule has 94 valence electrons. The molecule has 0 spiro atoms. The number of nitrogens with one attached hydrogen (secondary N) is 1. The largest absolute Gasteiger partial charge is 0.492 e. The zero-order chi connectivity index (χ0) is 12.5. The molecule has 0 radical (unpaired) electrons. The fourth-order valence-electron chi connectivity index (χ4n) is 1.76. The highest BCUT2D eigenvalue weighted by atomic mass is 79.9. The van der Waals surface area contributed by atoms with E-state index < -0.39 is 0 Å². The Kier molecular flexibility index (Phi) is 2.99. The van der Waals surface area contributed by atoms with Crippen LogP contribution in [0.3, 0.4) is 0 Å². The molecule has 1 heterocycles. The third kappa shape index (κ3) is 2.51. The summed E-state index contributed by atoms with van der Waals surface area (Å²) in [5.74, 6) is 2.14. The smallest absolute Gasteiger partial charge is 0.145 e. The van der Waals surface area contributed by atoms with Gasteiger partial charge in [-0.1, -0.05) is 0 Å². The van der Waals surface area contributed by atoms with Gasteiger partial charge < -0.3 is 10.5 Å². The van der Waals surface area contributed by atoms with Gasteiger partial charge in [0.15, 0.2) is 0 Å². The first-order valence-electron chi connectivity index (χ1n) is 5.96. The first-order valence-corrected chi connectivity index (χ1v) is 6.75. The van der Waals surface area contributed by atoms with Gasteiger partial charge in [0, 0.05) is 11.6 Å². The maximum absolute atomic E-state index is 5.76. The van der Waals surface area contributed by atoms with E-state index in [4.69, 9.17) is 10.5 Å². The Morgan fingerprint density at radius 2 is 2.22 bits per heavy atom. The molecular weight excluding hydrogens is 294 g/mol. The molecule has 0 saturated heterocycles. The minimum Gasteiger partial charge on any atom is -0.492 e. The lowest BCUT2D eigenvalue weighted by Crippen LogP contribution is -1.99. The topological polar surface area (TPSA) is 63.9 Å². The molecular formula is C13H14BrN3O. The van der Waals surface area contributed by atoms with Crippen molar-refractivity contribution in [2.45, 2.75) is 12.8 Å². The van der Waals surface area contributed by atoms with Gasteiger partial charge in [-0.05, 0) is 52.9 Å². The molecule has 18 heavy (non-hydrogen) atoms. The van der Waals surface area contributed by atoms with Gasteiger partial charge in [0.25, 0.3) is 0 Å². The van der Waals surface area contributed by atoms with Crippen molar-refractivity contribution in [2.75, 3.05) is 12.3 Å². The number of aromatic amines is 1. The van der Waals surface area contributed by atoms with Gasteiger partial charge >= 0.3 is 0 Å². The van der Waals surface area contributed by atoms with Gasteiger partial charge in [0.2, 0.25) is 0 Å². The second-order valence-electron chi connectivity index (χ2n) is 4.61. The van der Waals surface area contributed by atoms with E-state index >= 15 is 0 Å². The predicted octanol–water partition coefficient (Wildman–Crippen LogP) is 3.21. The summed E-state index contributed by atoms with van der Waals surface area (Å²) in [5, 5.41) is 6.81. The average molecular weight is 308 g/mol. The van der Waals surface area contributed by atoms with E-state index in [9.17, 15) is 0 Å². The van der Waals surface area contributed by atoms with Crippen LogP contribution in [-0.2, 0) is 0 Å². The molecule has 0 bridgehead atoms. The molecule has 0 atom stereocenters. The van der Waals surface area contributed by atoms with E-state index in [1.807, 2.05) is 24.3 Å². The maximum Gasteiger partial charge on any atom is 0.145 e. The normalized spacial score (nSPS) is 14.7. The van der Waals surface area contributed by atoms with Crippen LogP contribution >= 0.6 is 15.9 Å². The van der Waals surface area contributed by atoms with E-state index in [1.165, 1.54) is 12.8 Å². The highest BCUT2D eigenvalue weighted by Gasteiger charge is 2.22. The zero-order valence-corrected chi connectivity index (χ0v) is 11.4. The molecule has 0 amide bonds. The minimum atomic E-state index is 0.496. The van der Waals surface area contributed by atoms with E-state index in [0.29, 0.717) is 5.82 Å². The lowest BCUT2D eigenvalue weighted by atomic mass is 10.1. The van der Waals surface area contributed by atoms with Crippen LogP contribution in [0.1, 0.15) is 12.8 Å². The summed E-state index contributed by atoms with van der Waals surface area (Å²) >= 11 is 3.53. The standard InChI is InChI=1S/C13H14BrN3O/c14-10-5-9(11-6-13(15)17-16-11)3-4-12(10)18-7-8-1-2-8/h3-6,8H,1-2,7H2,(H3,15,16,17). The third-order valence-corrected chi connectivity index (χ3v) is 3.63. The van der Waals surface area contributed by atoms with Crippen LogP contribution in [0.5, 0.6) is 5.75 Å². The van der Waals surface area contributed by atoms with Crippen LogP contribution in [0.4, 0.5) is 5.82 Å². The van der Waals surface area contributed by atoms with Gasteiger partial charge in [-0.3, -0.25) is 5.10 Å². The minimum absolute atomic E-state index is 0.496. The van der Waals surface area contributed by atoms with Crippen LogP contribution in [-0.4, -0.2) is 16.8 Å². The number of nitrogens with two attached hydrogens (primary N) is 1. The number of rotatable bonds is 4. The summed E-state index contributed by atoms with van der Waals surface area (Å²) in [6, 6.07) is 7.79. The molecule has 1 fully saturated rings. The SMILES string of the molecule is Nc1cc(-c2ccc(OCC3CC3)c(Br)c2)[nH]n1. The van der Waals surface area contributed by atoms with Crippen LogP contribution < -0.4 is 10.5 Å². The lowest BCUT2D eigenvalue weighted by molar-refractivity contribution is 0.298. The van der Waals surface area contributed by atoms with Crippen LogP contribution in [0.25, 0.3) is 11.3 Å². The second-order valence-corrected chi connectivity index (χ2v) is 5.46. The predicted molar refractivity (Wildman–Crippen MR) is 74.4 cm³/mol. The highest BCUT2D eigenvalue weighted by molar-refractivity contribution is 9.10. The Labute approximate surface area is 114 Å². The Balaban J connectivity index is 1.79. The van der Waals surface area contributed by atoms with Gasteiger partial charge in [0.1, 0.15) is 11.6 Å². The fourth-order valence-corrected chi connectivity index (χ4v) is 2.26. The quantitative estimate of drug-likeness (QED) is 0.911. The number of benzene rings is 1. The van der Waals surface area contributed by atoms with Crippen LogP contribution in [0.2, 0.25) is 0 Å². The lowest BCUT2D eigenvalue weighted by Gasteiger charge is -2.08. The average Bonchev–Trinajstić information content (AvgIpc) is 3.08. The molecule has 1 saturated carbocycles. The van der Waals surface area contributed by atoms with E-state index in [1.54, 1.807) is 0 Å². The summed E-state index contributed by atoms with van der Waals surface area (Å²) in [6.07, 6.45) is 2.59. The van der Waals surface area contributed by atoms with Gasteiger partial charge in [-0.25, -0.2) is 0 Å². The van der Waals surface area contributed by atoms with Crippen LogP contribution in [0, 0.1) is 5.92 Å². The summed E-state index contributed by atoms with van der Waals surface area (Å²) in [6.45, 7) is 0.814. The van der Waals surface area contributed by atoms with Crippen molar-refractivity contribution in [2.24, 2.45) is 5.92 Å². The van der Waals surface area contributed by atoms with Crippen molar-refractivity contribution in [3.8, 4) is 17.0 Å². The van der Waals surface area contributed by atoms with Crippen molar-refractivity contribution in [1.29, 1.82) is 0 Å². The van der Waals surface area contributed by atoms with Crippen molar-refractivity contribution in [1.82, 2.24) is 10.2 Å². The number of anilines is 1. The molecule has 0 unspecified atom stereocenters. The number of nitrogen functional groups attached to an aromatic ring is 1. The van der Waals surface area contributed by atoms with Crippen molar-refractivity contribution in [3.05, 3.63) is 28.7 Å². The zero-order valence-electron chi connectivity index (χ0n) is 9.82. The number of halogens is 1. The molecule has 3 rings (SSSR count). The number of aromatic nitrogens is 2. The van der Waals surface area contributed by atoms with E-state index in [2.05, 4.69) is 26.1 Å². The molecule has 0 aliphatic heterocycles. The third-order valence-electron chi connectivity index (χ3n) is 3.01. The molecule has 1 aliphatic carbocycles. The van der Waals surface area contributed by atoms with Crippen LogP contribution in [0.15, 0.2) is 28.7 Å². The number of hydrogen-bond acceptors (Lipinski definition) is 3. The van der Waals surface area contributed by atoms with E-state index in [-0.39, 0.29) is 0 Å². The number of nitrogens with zero attached hydrogens (tertiary/aromatic N) is 1. The fraction of sp³-hybridized carbons (Fsp3) is 0.308. The first-order chi connectivity index (χ1) is 8.72. The Bertz CT molecular complexity index is 563. The summed E-state index contributed by atoms with van der Waals surface area (Å²) in [7, 11) is 0. The molecule has 2 aromatic rings. The summed E-state index contributed by atoms with van der Waals surface area (Å²) in [5.41, 5.74) is 7.53. The second kappa shape index (κ2) is 4.65. The van der Waals surface area contributed by atoms with Gasteiger partial charge in [-0.2, -0.15) is 5.10 Å². The molecule has 4 nitrogen and oxygen atoms in total. The van der Waals surface area contributed by atoms with E-state index in [0.717, 1.165) is 34.0 Å². The molecule has 1 aromatic heterocycles. The maximum atomic E-state index is 5.76. The Morgan fingerprint density at radius 3 is 2.83 bits per heavy atom. The number of ether oxygens (including phenoxy) is 1. The molecule has 5 heteroatoms. The molecule has 1 aromatic carbocycles. The first kappa shape index (κ1) is 11.6. The molecule has 3 N–H and O–H groups in total. The monoisotopic (exact) mass is 307 g/mol. The summed E-state index contributed by atoms with van der Waals surface area (Å²) in [4.78, 5) is 0.